The second kappa shape index (κ2) is 10.3. The summed E-state index contributed by atoms with van der Waals surface area (Å²) in [5.41, 5.74) is 3.55. The molecule has 2 aromatic carbocycles. The van der Waals surface area contributed by atoms with Crippen molar-refractivity contribution in [3.63, 3.8) is 0 Å². The molecular formula is C22H26ClNO3. The highest BCUT2D eigenvalue weighted by molar-refractivity contribution is 5.85. The first-order chi connectivity index (χ1) is 12.6. The predicted molar refractivity (Wildman–Crippen MR) is 110 cm³/mol. The van der Waals surface area contributed by atoms with Gasteiger partial charge in [-0.25, -0.2) is 0 Å². The van der Waals surface area contributed by atoms with E-state index >= 15 is 0 Å². The number of nitrogens with zero attached hydrogens (tertiary/aromatic N) is 1. The number of hydrogen-bond acceptors (Lipinski definition) is 3. The lowest BCUT2D eigenvalue weighted by Gasteiger charge is -2.33. The van der Waals surface area contributed by atoms with Crippen molar-refractivity contribution in [3.05, 3.63) is 77.9 Å². The average Bonchev–Trinajstić information content (AvgIpc) is 2.67. The van der Waals surface area contributed by atoms with Crippen LogP contribution in [0.15, 0.2) is 66.7 Å². The van der Waals surface area contributed by atoms with Crippen molar-refractivity contribution in [1.82, 2.24) is 4.90 Å². The number of rotatable bonds is 6. The molecule has 1 saturated heterocycles. The average molecular weight is 388 g/mol. The Morgan fingerprint density at radius 2 is 1.59 bits per heavy atom. The zero-order valence-electron chi connectivity index (χ0n) is 15.2. The Morgan fingerprint density at radius 3 is 2.11 bits per heavy atom. The van der Waals surface area contributed by atoms with Crippen LogP contribution in [0, 0.1) is 5.92 Å². The van der Waals surface area contributed by atoms with Gasteiger partial charge in [0, 0.05) is 19.6 Å². The van der Waals surface area contributed by atoms with E-state index in [9.17, 15) is 15.0 Å². The Bertz CT molecular complexity index is 707. The summed E-state index contributed by atoms with van der Waals surface area (Å²) in [4.78, 5) is 13.4. The number of aliphatic hydroxyl groups excluding tert-OH is 1. The summed E-state index contributed by atoms with van der Waals surface area (Å²) in [5.74, 6) is -1.59. The predicted octanol–water partition coefficient (Wildman–Crippen LogP) is 3.70. The zero-order chi connectivity index (χ0) is 18.4. The number of carbonyl (C=O) groups is 1. The molecule has 0 aromatic heterocycles. The molecule has 144 valence electrons. The van der Waals surface area contributed by atoms with Crippen LogP contribution in [0.4, 0.5) is 0 Å². The summed E-state index contributed by atoms with van der Waals surface area (Å²) in [6, 6.07) is 20.6. The van der Waals surface area contributed by atoms with Gasteiger partial charge in [-0.2, -0.15) is 0 Å². The third-order valence-electron chi connectivity index (χ3n) is 4.94. The Labute approximate surface area is 166 Å². The summed E-state index contributed by atoms with van der Waals surface area (Å²) in [5, 5.41) is 19.1. The van der Waals surface area contributed by atoms with Gasteiger partial charge >= 0.3 is 5.97 Å². The largest absolute Gasteiger partial charge is 0.481 e. The molecule has 0 unspecified atom stereocenters. The lowest BCUT2D eigenvalue weighted by Crippen LogP contribution is -2.46. The van der Waals surface area contributed by atoms with E-state index in [1.807, 2.05) is 36.4 Å². The molecule has 1 fully saturated rings. The highest BCUT2D eigenvalue weighted by atomic mass is 35.5. The number of likely N-dealkylation sites (tertiary alicyclic amines) is 1. The highest BCUT2D eigenvalue weighted by Gasteiger charge is 2.32. The molecule has 1 aliphatic rings. The maximum absolute atomic E-state index is 11.3. The summed E-state index contributed by atoms with van der Waals surface area (Å²) in [6.07, 6.45) is 2.85. The minimum atomic E-state index is -0.910. The summed E-state index contributed by atoms with van der Waals surface area (Å²) >= 11 is 0. The molecule has 0 radical (unpaired) electrons. The third-order valence-corrected chi connectivity index (χ3v) is 4.94. The molecule has 2 aromatic rings. The number of hydrogen-bond donors (Lipinski definition) is 2. The van der Waals surface area contributed by atoms with Crippen LogP contribution in [-0.4, -0.2) is 46.8 Å². The summed E-state index contributed by atoms with van der Waals surface area (Å²) < 4.78 is 0. The van der Waals surface area contributed by atoms with E-state index in [-0.39, 0.29) is 12.4 Å². The van der Waals surface area contributed by atoms with Gasteiger partial charge in [0.15, 0.2) is 0 Å². The van der Waals surface area contributed by atoms with Crippen molar-refractivity contribution in [3.8, 4) is 0 Å². The van der Waals surface area contributed by atoms with Gasteiger partial charge in [-0.05, 0) is 29.5 Å². The van der Waals surface area contributed by atoms with Crippen molar-refractivity contribution in [2.45, 2.75) is 18.9 Å². The second-order valence-electron chi connectivity index (χ2n) is 6.74. The van der Waals surface area contributed by atoms with Crippen LogP contribution in [0.2, 0.25) is 0 Å². The molecule has 27 heavy (non-hydrogen) atoms. The number of aliphatic hydroxyl groups is 1. The SMILES string of the molecule is Cl.O=C(O)[C@H]1CN(CCC=C(c2ccccc2)c2ccccc2)CC[C@H]1O. The van der Waals surface area contributed by atoms with Crippen LogP contribution in [-0.2, 0) is 4.79 Å². The molecule has 0 amide bonds. The van der Waals surface area contributed by atoms with Gasteiger partial charge in [0.25, 0.3) is 0 Å². The maximum Gasteiger partial charge on any atom is 0.310 e. The molecule has 0 bridgehead atoms. The van der Waals surface area contributed by atoms with Crippen LogP contribution in [0.1, 0.15) is 24.0 Å². The molecule has 2 N–H and O–H groups in total. The van der Waals surface area contributed by atoms with Gasteiger partial charge in [0.05, 0.1) is 12.0 Å². The number of benzene rings is 2. The topological polar surface area (TPSA) is 60.8 Å². The zero-order valence-corrected chi connectivity index (χ0v) is 16.0. The lowest BCUT2D eigenvalue weighted by molar-refractivity contribution is -0.148. The Morgan fingerprint density at radius 1 is 1.04 bits per heavy atom. The van der Waals surface area contributed by atoms with Crippen LogP contribution < -0.4 is 0 Å². The summed E-state index contributed by atoms with van der Waals surface area (Å²) in [6.45, 7) is 1.95. The first-order valence-electron chi connectivity index (χ1n) is 9.09. The molecular weight excluding hydrogens is 362 g/mol. The number of carboxylic acids is 1. The standard InChI is InChI=1S/C22H25NO3.ClH/c24-21-13-15-23(16-20(21)22(25)26)14-7-12-19(17-8-3-1-4-9-17)18-10-5-2-6-11-18;/h1-6,8-12,20-21,24H,7,13-16H2,(H,25,26);1H/t20-,21+;/m0./s1. The quantitative estimate of drug-likeness (QED) is 0.793. The normalized spacial score (nSPS) is 19.7. The molecule has 0 spiro atoms. The first kappa shape index (κ1) is 21.2. The second-order valence-corrected chi connectivity index (χ2v) is 6.74. The minimum Gasteiger partial charge on any atom is -0.481 e. The fourth-order valence-electron chi connectivity index (χ4n) is 3.48. The lowest BCUT2D eigenvalue weighted by atomic mass is 9.94. The molecule has 5 heteroatoms. The number of aliphatic carboxylic acids is 1. The van der Waals surface area contributed by atoms with Crippen molar-refractivity contribution in [1.29, 1.82) is 0 Å². The van der Waals surface area contributed by atoms with Crippen molar-refractivity contribution in [2.75, 3.05) is 19.6 Å². The molecule has 0 aliphatic carbocycles. The van der Waals surface area contributed by atoms with Crippen LogP contribution >= 0.6 is 12.4 Å². The Balaban J connectivity index is 0.00000261. The first-order valence-corrected chi connectivity index (χ1v) is 9.09. The van der Waals surface area contributed by atoms with Gasteiger partial charge in [-0.3, -0.25) is 4.79 Å². The smallest absolute Gasteiger partial charge is 0.310 e. The molecule has 1 aliphatic heterocycles. The van der Waals surface area contributed by atoms with Gasteiger partial charge in [-0.15, -0.1) is 12.4 Å². The van der Waals surface area contributed by atoms with E-state index in [4.69, 9.17) is 0 Å². The third kappa shape index (κ3) is 5.67. The van der Waals surface area contributed by atoms with Crippen LogP contribution in [0.5, 0.6) is 0 Å². The van der Waals surface area contributed by atoms with Gasteiger partial charge < -0.3 is 15.1 Å². The molecule has 4 nitrogen and oxygen atoms in total. The molecule has 3 rings (SSSR count). The van der Waals surface area contributed by atoms with Gasteiger partial charge in [-0.1, -0.05) is 66.7 Å². The summed E-state index contributed by atoms with van der Waals surface area (Å²) in [7, 11) is 0. The monoisotopic (exact) mass is 387 g/mol. The number of carboxylic acid groups (broad SMARTS) is 1. The number of halogens is 1. The molecule has 0 saturated carbocycles. The Kier molecular flexibility index (Phi) is 8.04. The maximum atomic E-state index is 11.3. The van der Waals surface area contributed by atoms with E-state index in [1.54, 1.807) is 0 Å². The Hall–Kier alpha value is -2.14. The van der Waals surface area contributed by atoms with Gasteiger partial charge in [0.1, 0.15) is 0 Å². The van der Waals surface area contributed by atoms with E-state index in [1.165, 1.54) is 16.7 Å². The molecule has 2 atom stereocenters. The van der Waals surface area contributed by atoms with E-state index in [0.717, 1.165) is 19.5 Å². The van der Waals surface area contributed by atoms with Crippen molar-refractivity contribution in [2.24, 2.45) is 5.92 Å². The molecule has 1 heterocycles. The van der Waals surface area contributed by atoms with Crippen LogP contribution in [0.25, 0.3) is 5.57 Å². The van der Waals surface area contributed by atoms with Crippen molar-refractivity contribution >= 4 is 23.9 Å². The fourth-order valence-corrected chi connectivity index (χ4v) is 3.48. The van der Waals surface area contributed by atoms with E-state index in [0.29, 0.717) is 13.0 Å². The fraction of sp³-hybridized carbons (Fsp3) is 0.318. The number of piperidine rings is 1. The van der Waals surface area contributed by atoms with Gasteiger partial charge in [0.2, 0.25) is 0 Å². The van der Waals surface area contributed by atoms with E-state index in [2.05, 4.69) is 35.2 Å². The van der Waals surface area contributed by atoms with E-state index < -0.39 is 18.0 Å². The minimum absolute atomic E-state index is 0. The van der Waals surface area contributed by atoms with Crippen LogP contribution in [0.3, 0.4) is 0 Å². The highest BCUT2D eigenvalue weighted by Crippen LogP contribution is 2.24. The van der Waals surface area contributed by atoms with Crippen molar-refractivity contribution < 1.29 is 15.0 Å².